The van der Waals surface area contributed by atoms with E-state index in [1.54, 1.807) is 37.0 Å². The number of aryl methyl sites for hydroxylation is 2. The van der Waals surface area contributed by atoms with Gasteiger partial charge in [-0.25, -0.2) is 5.84 Å². The van der Waals surface area contributed by atoms with E-state index in [1.165, 1.54) is 17.3 Å². The van der Waals surface area contributed by atoms with Crippen LogP contribution in [-0.4, -0.2) is 53.3 Å². The molecule has 5 N–H and O–H groups in total. The van der Waals surface area contributed by atoms with Gasteiger partial charge in [0.1, 0.15) is 0 Å². The predicted octanol–water partition coefficient (Wildman–Crippen LogP) is 4.74. The topological polar surface area (TPSA) is 109 Å². The molecule has 2 heterocycles. The summed E-state index contributed by atoms with van der Waals surface area (Å²) in [6, 6.07) is 6.62. The van der Waals surface area contributed by atoms with E-state index in [1.807, 2.05) is 18.7 Å². The van der Waals surface area contributed by atoms with E-state index in [4.69, 9.17) is 23.2 Å². The maximum Gasteiger partial charge on any atom is 0.416 e. The number of nitrogens with zero attached hydrogens (tertiary/aromatic N) is 5. The number of rotatable bonds is 7. The Morgan fingerprint density at radius 3 is 2.41 bits per heavy atom. The van der Waals surface area contributed by atoms with Gasteiger partial charge in [0.25, 0.3) is 5.91 Å². The Morgan fingerprint density at radius 2 is 1.83 bits per heavy atom. The van der Waals surface area contributed by atoms with Gasteiger partial charge in [-0.05, 0) is 56.3 Å². The van der Waals surface area contributed by atoms with Crippen LogP contribution in [-0.2, 0) is 13.2 Å². The Morgan fingerprint density at radius 1 is 1.15 bits per heavy atom. The number of anilines is 3. The zero-order chi connectivity index (χ0) is 30.1. The van der Waals surface area contributed by atoms with Crippen molar-refractivity contribution in [2.75, 3.05) is 47.9 Å². The second-order valence-corrected chi connectivity index (χ2v) is 10.4. The summed E-state index contributed by atoms with van der Waals surface area (Å²) in [4.78, 5) is 17.4. The molecular formula is C28H34ClF3N8O. The average molecular weight is 591 g/mol. The molecule has 1 fully saturated rings. The van der Waals surface area contributed by atoms with Gasteiger partial charge in [0, 0.05) is 67.6 Å². The van der Waals surface area contributed by atoms with Crippen molar-refractivity contribution in [3.05, 3.63) is 75.7 Å². The van der Waals surface area contributed by atoms with Crippen LogP contribution < -0.4 is 26.8 Å². The molecule has 1 aromatic heterocycles. The Labute approximate surface area is 242 Å². The summed E-state index contributed by atoms with van der Waals surface area (Å²) in [5.74, 6) is 5.66. The van der Waals surface area contributed by atoms with Crippen LogP contribution in [0.4, 0.5) is 30.2 Å². The number of nitrogens with one attached hydrogen (secondary N) is 1. The third-order valence-corrected chi connectivity index (χ3v) is 7.78. The number of carbonyl (C=O) groups excluding carboxylic acids is 1. The maximum atomic E-state index is 13.8. The van der Waals surface area contributed by atoms with Crippen molar-refractivity contribution in [2.45, 2.75) is 26.9 Å². The second kappa shape index (κ2) is 12.0. The molecule has 0 unspecified atom stereocenters. The van der Waals surface area contributed by atoms with Crippen molar-refractivity contribution in [3.63, 3.8) is 0 Å². The third-order valence-electron chi connectivity index (χ3n) is 7.29. The second-order valence-electron chi connectivity index (χ2n) is 10.0. The first-order valence-electron chi connectivity index (χ1n) is 13.1. The summed E-state index contributed by atoms with van der Waals surface area (Å²) >= 11 is 6.51. The van der Waals surface area contributed by atoms with Gasteiger partial charge in [-0.3, -0.25) is 14.5 Å². The first-order valence-corrected chi connectivity index (χ1v) is 13.5. The highest BCUT2D eigenvalue weighted by molar-refractivity contribution is 6.34. The van der Waals surface area contributed by atoms with Crippen molar-refractivity contribution in [1.82, 2.24) is 14.7 Å². The van der Waals surface area contributed by atoms with E-state index < -0.39 is 17.6 Å². The van der Waals surface area contributed by atoms with Gasteiger partial charge in [-0.1, -0.05) is 18.5 Å². The zero-order valence-electron chi connectivity index (χ0n) is 23.4. The highest BCUT2D eigenvalue weighted by Crippen LogP contribution is 2.36. The molecule has 0 radical (unpaired) electrons. The quantitative estimate of drug-likeness (QED) is 0.269. The molecule has 0 saturated carbocycles. The van der Waals surface area contributed by atoms with Crippen LogP contribution in [0.1, 0.15) is 39.7 Å². The molecule has 0 spiro atoms. The Bertz CT molecular complexity index is 1460. The average Bonchev–Trinajstić information content (AvgIpc) is 3.27. The minimum atomic E-state index is -4.58. The van der Waals surface area contributed by atoms with Gasteiger partial charge in [-0.15, -0.1) is 0 Å². The largest absolute Gasteiger partial charge is 0.416 e. The minimum absolute atomic E-state index is 0.0349. The molecule has 4 rings (SSSR count). The van der Waals surface area contributed by atoms with E-state index in [0.29, 0.717) is 46.3 Å². The number of alkyl halides is 3. The number of piperazine rings is 1. The summed E-state index contributed by atoms with van der Waals surface area (Å²) in [5, 5.41) is 8.30. The number of aromatic nitrogens is 2. The Hall–Kier alpha value is -3.74. The molecule has 0 aliphatic carbocycles. The van der Waals surface area contributed by atoms with Crippen LogP contribution in [0.3, 0.4) is 0 Å². The standard InChI is InChI=1S/C28H34ClF3N8O/c1-5-38-6-8-39(9-7-38)22-13-20(28(30,31)32)12-21(14-22)36-27(41)19-10-17(2)26(29)25(11-19)40(34)16-24(33)23-15-35-37(4)18(23)3/h10-16H,5-9,33-34H2,1-4H3,(H,36,41)/b24-16-. The van der Waals surface area contributed by atoms with Crippen LogP contribution in [0.15, 0.2) is 42.7 Å². The normalized spacial score (nSPS) is 14.9. The first kappa shape index (κ1) is 30.2. The van der Waals surface area contributed by atoms with Crippen LogP contribution >= 0.6 is 11.6 Å². The molecule has 2 aromatic carbocycles. The Balaban J connectivity index is 1.62. The highest BCUT2D eigenvalue weighted by atomic mass is 35.5. The SMILES string of the molecule is CCN1CCN(c2cc(NC(=O)c3cc(C)c(Cl)c(N(N)/C=C(\N)c4cnn(C)c4C)c3)cc(C(F)(F)F)c2)CC1. The third kappa shape index (κ3) is 6.77. The van der Waals surface area contributed by atoms with Gasteiger partial charge in [-0.2, -0.15) is 18.3 Å². The monoisotopic (exact) mass is 590 g/mol. The number of halogens is 4. The van der Waals surface area contributed by atoms with Gasteiger partial charge in [0.15, 0.2) is 0 Å². The van der Waals surface area contributed by atoms with E-state index >= 15 is 0 Å². The lowest BCUT2D eigenvalue weighted by molar-refractivity contribution is -0.137. The molecule has 1 saturated heterocycles. The maximum absolute atomic E-state index is 13.8. The number of hydrogen-bond acceptors (Lipinski definition) is 7. The molecule has 220 valence electrons. The van der Waals surface area contributed by atoms with Crippen molar-refractivity contribution in [3.8, 4) is 0 Å². The molecule has 13 heteroatoms. The van der Waals surface area contributed by atoms with Crippen LogP contribution in [0.2, 0.25) is 5.02 Å². The summed E-state index contributed by atoms with van der Waals surface area (Å²) in [6.07, 6.45) is -1.51. The van der Waals surface area contributed by atoms with E-state index in [-0.39, 0.29) is 11.3 Å². The first-order chi connectivity index (χ1) is 19.3. The van der Waals surface area contributed by atoms with Crippen molar-refractivity contribution >= 4 is 40.3 Å². The summed E-state index contributed by atoms with van der Waals surface area (Å²) in [6.45, 7) is 9.16. The number of hydrazine groups is 1. The Kier molecular flexibility index (Phi) is 8.86. The number of hydrogen-bond donors (Lipinski definition) is 3. The van der Waals surface area contributed by atoms with Crippen LogP contribution in [0.25, 0.3) is 5.70 Å². The smallest absolute Gasteiger partial charge is 0.397 e. The number of benzene rings is 2. The molecule has 0 bridgehead atoms. The van der Waals surface area contributed by atoms with Gasteiger partial charge in [0.05, 0.1) is 28.2 Å². The van der Waals surface area contributed by atoms with Crippen molar-refractivity contribution in [1.29, 1.82) is 0 Å². The van der Waals surface area contributed by atoms with Gasteiger partial charge < -0.3 is 20.9 Å². The number of likely N-dealkylation sites (N-methyl/N-ethyl adjacent to an activating group) is 1. The molecule has 9 nitrogen and oxygen atoms in total. The summed E-state index contributed by atoms with van der Waals surface area (Å²) < 4.78 is 43.0. The number of carbonyl (C=O) groups is 1. The van der Waals surface area contributed by atoms with Crippen molar-refractivity contribution in [2.24, 2.45) is 18.6 Å². The van der Waals surface area contributed by atoms with Gasteiger partial charge >= 0.3 is 6.18 Å². The molecule has 1 aliphatic heterocycles. The van der Waals surface area contributed by atoms with E-state index in [0.717, 1.165) is 37.5 Å². The van der Waals surface area contributed by atoms with Crippen LogP contribution in [0, 0.1) is 13.8 Å². The van der Waals surface area contributed by atoms with E-state index in [9.17, 15) is 18.0 Å². The fourth-order valence-corrected chi connectivity index (χ4v) is 4.90. The zero-order valence-corrected chi connectivity index (χ0v) is 24.1. The fraction of sp³-hybridized carbons (Fsp3) is 0.357. The summed E-state index contributed by atoms with van der Waals surface area (Å²) in [5.41, 5.74) is 8.69. The molecule has 41 heavy (non-hydrogen) atoms. The molecule has 1 aliphatic rings. The lowest BCUT2D eigenvalue weighted by Crippen LogP contribution is -2.46. The molecule has 0 atom stereocenters. The number of amides is 1. The molecule has 1 amide bonds. The van der Waals surface area contributed by atoms with Crippen molar-refractivity contribution < 1.29 is 18.0 Å². The van der Waals surface area contributed by atoms with Crippen LogP contribution in [0.5, 0.6) is 0 Å². The fourth-order valence-electron chi connectivity index (χ4n) is 4.70. The number of nitrogens with two attached hydrogens (primary N) is 2. The predicted molar refractivity (Wildman–Crippen MR) is 157 cm³/mol. The van der Waals surface area contributed by atoms with E-state index in [2.05, 4.69) is 15.3 Å². The lowest BCUT2D eigenvalue weighted by atomic mass is 10.1. The molecule has 3 aromatic rings. The minimum Gasteiger partial charge on any atom is -0.397 e. The van der Waals surface area contributed by atoms with Gasteiger partial charge in [0.2, 0.25) is 0 Å². The highest BCUT2D eigenvalue weighted by Gasteiger charge is 2.32. The summed E-state index contributed by atoms with van der Waals surface area (Å²) in [7, 11) is 1.79. The molecular weight excluding hydrogens is 557 g/mol. The lowest BCUT2D eigenvalue weighted by Gasteiger charge is -2.36.